The number of rotatable bonds is 11. The van der Waals surface area contributed by atoms with Gasteiger partial charge in [-0.3, -0.25) is 0 Å². The summed E-state index contributed by atoms with van der Waals surface area (Å²) in [5.41, 5.74) is 6.20. The molecule has 0 spiro atoms. The summed E-state index contributed by atoms with van der Waals surface area (Å²) in [4.78, 5) is 0. The Balaban J connectivity index is 2.16. The maximum absolute atomic E-state index is 11.7. The second-order valence-corrected chi connectivity index (χ2v) is 6.61. The van der Waals surface area contributed by atoms with Crippen molar-refractivity contribution in [2.45, 2.75) is 19.3 Å². The van der Waals surface area contributed by atoms with Crippen LogP contribution in [0.5, 0.6) is 5.75 Å². The zero-order valence-electron chi connectivity index (χ0n) is 12.4. The number of benzene rings is 1. The molecule has 120 valence electrons. The molecule has 0 radical (unpaired) electrons. The largest absolute Gasteiger partial charge is 0.492 e. The van der Waals surface area contributed by atoms with E-state index in [1.807, 2.05) is 0 Å². The summed E-state index contributed by atoms with van der Waals surface area (Å²) < 4.78 is 36.3. The third-order valence-electron chi connectivity index (χ3n) is 2.85. The topological polar surface area (TPSA) is 90.6 Å². The van der Waals surface area contributed by atoms with Crippen LogP contribution in [0.25, 0.3) is 0 Å². The molecule has 0 aliphatic heterocycles. The fraction of sp³-hybridized carbons (Fsp3) is 0.571. The standard InChI is InChI=1S/C14H24N2O4S/c1-19-10-4-2-3-9-16-21(17,18)12-11-20-14-7-5-13(15)6-8-14/h5-8,16H,2-4,9-12,15H2,1H3. The van der Waals surface area contributed by atoms with Crippen LogP contribution in [0.2, 0.25) is 0 Å². The van der Waals surface area contributed by atoms with Gasteiger partial charge in [0.05, 0.1) is 5.75 Å². The summed E-state index contributed by atoms with van der Waals surface area (Å²) in [7, 11) is -1.63. The number of hydrogen-bond acceptors (Lipinski definition) is 5. The second-order valence-electron chi connectivity index (χ2n) is 4.68. The SMILES string of the molecule is COCCCCCNS(=O)(=O)CCOc1ccc(N)cc1. The van der Waals surface area contributed by atoms with Crippen molar-refractivity contribution >= 4 is 15.7 Å². The van der Waals surface area contributed by atoms with Gasteiger partial charge < -0.3 is 15.2 Å². The molecular weight excluding hydrogens is 292 g/mol. The summed E-state index contributed by atoms with van der Waals surface area (Å²) in [6.45, 7) is 1.28. The molecule has 0 atom stereocenters. The molecule has 1 aromatic rings. The van der Waals surface area contributed by atoms with Gasteiger partial charge in [0.2, 0.25) is 10.0 Å². The number of nitrogens with one attached hydrogen (secondary N) is 1. The first-order valence-electron chi connectivity index (χ1n) is 6.98. The van der Waals surface area contributed by atoms with Crippen molar-refractivity contribution in [2.24, 2.45) is 0 Å². The van der Waals surface area contributed by atoms with E-state index in [0.717, 1.165) is 19.3 Å². The van der Waals surface area contributed by atoms with Gasteiger partial charge in [-0.1, -0.05) is 0 Å². The Morgan fingerprint density at radius 3 is 2.48 bits per heavy atom. The van der Waals surface area contributed by atoms with Gasteiger partial charge in [0.1, 0.15) is 12.4 Å². The van der Waals surface area contributed by atoms with Crippen LogP contribution in [0.3, 0.4) is 0 Å². The number of methoxy groups -OCH3 is 1. The molecule has 0 aliphatic rings. The summed E-state index contributed by atoms with van der Waals surface area (Å²) in [6.07, 6.45) is 2.69. The summed E-state index contributed by atoms with van der Waals surface area (Å²) in [5.74, 6) is 0.550. The highest BCUT2D eigenvalue weighted by Crippen LogP contribution is 2.12. The fourth-order valence-corrected chi connectivity index (χ4v) is 2.58. The molecule has 0 heterocycles. The molecule has 0 saturated heterocycles. The molecule has 0 saturated carbocycles. The molecule has 0 unspecified atom stereocenters. The number of anilines is 1. The van der Waals surface area contributed by atoms with Gasteiger partial charge in [0.15, 0.2) is 0 Å². The lowest BCUT2D eigenvalue weighted by atomic mass is 10.2. The van der Waals surface area contributed by atoms with Gasteiger partial charge in [-0.2, -0.15) is 0 Å². The first-order valence-corrected chi connectivity index (χ1v) is 8.63. The number of nitrogen functional groups attached to an aromatic ring is 1. The Labute approximate surface area is 126 Å². The molecule has 1 aromatic carbocycles. The van der Waals surface area contributed by atoms with E-state index in [2.05, 4.69) is 4.72 Å². The van der Waals surface area contributed by atoms with Crippen LogP contribution in [-0.2, 0) is 14.8 Å². The lowest BCUT2D eigenvalue weighted by Crippen LogP contribution is -2.29. The van der Waals surface area contributed by atoms with Crippen molar-refractivity contribution in [3.63, 3.8) is 0 Å². The Bertz CT molecular complexity index is 488. The maximum atomic E-state index is 11.7. The van der Waals surface area contributed by atoms with Crippen molar-refractivity contribution in [1.82, 2.24) is 4.72 Å². The molecule has 1 rings (SSSR count). The summed E-state index contributed by atoms with van der Waals surface area (Å²) >= 11 is 0. The summed E-state index contributed by atoms with van der Waals surface area (Å²) in [6, 6.07) is 6.85. The summed E-state index contributed by atoms with van der Waals surface area (Å²) in [5, 5.41) is 0. The number of ether oxygens (including phenoxy) is 2. The van der Waals surface area contributed by atoms with E-state index >= 15 is 0 Å². The molecule has 21 heavy (non-hydrogen) atoms. The third-order valence-corrected chi connectivity index (χ3v) is 4.20. The van der Waals surface area contributed by atoms with Crippen LogP contribution >= 0.6 is 0 Å². The quantitative estimate of drug-likeness (QED) is 0.475. The highest BCUT2D eigenvalue weighted by Gasteiger charge is 2.09. The highest BCUT2D eigenvalue weighted by atomic mass is 32.2. The van der Waals surface area contributed by atoms with Crippen LogP contribution < -0.4 is 15.2 Å². The molecule has 0 amide bonds. The van der Waals surface area contributed by atoms with Crippen molar-refractivity contribution in [1.29, 1.82) is 0 Å². The van der Waals surface area contributed by atoms with Gasteiger partial charge in [-0.05, 0) is 43.5 Å². The molecule has 0 aromatic heterocycles. The minimum absolute atomic E-state index is 0.0601. The van der Waals surface area contributed by atoms with E-state index in [1.165, 1.54) is 0 Å². The first kappa shape index (κ1) is 17.7. The molecule has 7 heteroatoms. The van der Waals surface area contributed by atoms with Crippen LogP contribution in [0, 0.1) is 0 Å². The average molecular weight is 316 g/mol. The van der Waals surface area contributed by atoms with Gasteiger partial charge in [0.25, 0.3) is 0 Å². The van der Waals surface area contributed by atoms with Gasteiger partial charge in [0, 0.05) is 25.9 Å². The molecule has 0 aliphatic carbocycles. The van der Waals surface area contributed by atoms with Crippen LogP contribution in [0.4, 0.5) is 5.69 Å². The minimum Gasteiger partial charge on any atom is -0.492 e. The van der Waals surface area contributed by atoms with Gasteiger partial charge >= 0.3 is 0 Å². The average Bonchev–Trinajstić information content (AvgIpc) is 2.45. The van der Waals surface area contributed by atoms with E-state index in [0.29, 0.717) is 24.6 Å². The van der Waals surface area contributed by atoms with Crippen LogP contribution in [0.15, 0.2) is 24.3 Å². The van der Waals surface area contributed by atoms with Crippen molar-refractivity contribution in [3.05, 3.63) is 24.3 Å². The Hall–Kier alpha value is -1.31. The lowest BCUT2D eigenvalue weighted by Gasteiger charge is -2.08. The number of unbranched alkanes of at least 4 members (excludes halogenated alkanes) is 2. The second kappa shape index (κ2) is 9.59. The number of nitrogens with two attached hydrogens (primary N) is 1. The van der Waals surface area contributed by atoms with E-state index in [4.69, 9.17) is 15.2 Å². The monoisotopic (exact) mass is 316 g/mol. The van der Waals surface area contributed by atoms with Crippen molar-refractivity contribution < 1.29 is 17.9 Å². The third kappa shape index (κ3) is 8.54. The predicted octanol–water partition coefficient (Wildman–Crippen LogP) is 1.38. The molecular formula is C14H24N2O4S. The molecule has 3 N–H and O–H groups in total. The van der Waals surface area contributed by atoms with Crippen molar-refractivity contribution in [2.75, 3.05) is 38.4 Å². The Kier molecular flexibility index (Phi) is 8.11. The van der Waals surface area contributed by atoms with E-state index < -0.39 is 10.0 Å². The Morgan fingerprint density at radius 1 is 1.10 bits per heavy atom. The normalized spacial score (nSPS) is 11.5. The van der Waals surface area contributed by atoms with E-state index in [9.17, 15) is 8.42 Å². The first-order chi connectivity index (χ1) is 10.0. The number of sulfonamides is 1. The lowest BCUT2D eigenvalue weighted by molar-refractivity contribution is 0.192. The molecule has 6 nitrogen and oxygen atoms in total. The molecule has 0 bridgehead atoms. The Morgan fingerprint density at radius 2 is 1.81 bits per heavy atom. The smallest absolute Gasteiger partial charge is 0.214 e. The van der Waals surface area contributed by atoms with E-state index in [-0.39, 0.29) is 12.4 Å². The predicted molar refractivity (Wildman–Crippen MR) is 83.9 cm³/mol. The minimum atomic E-state index is -3.28. The van der Waals surface area contributed by atoms with E-state index in [1.54, 1.807) is 31.4 Å². The fourth-order valence-electron chi connectivity index (χ4n) is 1.68. The maximum Gasteiger partial charge on any atom is 0.214 e. The zero-order valence-corrected chi connectivity index (χ0v) is 13.2. The van der Waals surface area contributed by atoms with Gasteiger partial charge in [-0.25, -0.2) is 13.1 Å². The highest BCUT2D eigenvalue weighted by molar-refractivity contribution is 7.89. The number of hydrogen-bond donors (Lipinski definition) is 2. The van der Waals surface area contributed by atoms with Gasteiger partial charge in [-0.15, -0.1) is 0 Å². The van der Waals surface area contributed by atoms with Crippen molar-refractivity contribution in [3.8, 4) is 5.75 Å². The zero-order chi connectivity index (χ0) is 15.6. The van der Waals surface area contributed by atoms with Crippen LogP contribution in [0.1, 0.15) is 19.3 Å². The van der Waals surface area contributed by atoms with Crippen LogP contribution in [-0.4, -0.2) is 41.0 Å². The molecule has 0 fully saturated rings.